The van der Waals surface area contributed by atoms with Crippen LogP contribution in [0, 0.1) is 0 Å². The van der Waals surface area contributed by atoms with Gasteiger partial charge in [-0.2, -0.15) is 0 Å². The molecule has 17 heavy (non-hydrogen) atoms. The molecule has 2 amide bonds. The molecule has 4 heteroatoms. The van der Waals surface area contributed by atoms with Crippen LogP contribution >= 0.6 is 0 Å². The van der Waals surface area contributed by atoms with Crippen LogP contribution in [0.15, 0.2) is 0 Å². The number of likely N-dealkylation sites (N-methyl/N-ethyl adjacent to an activating group) is 1. The van der Waals surface area contributed by atoms with E-state index in [9.17, 15) is 4.79 Å². The van der Waals surface area contributed by atoms with Gasteiger partial charge >= 0.3 is 6.03 Å². The molecule has 1 atom stereocenters. The van der Waals surface area contributed by atoms with E-state index in [0.29, 0.717) is 12.1 Å². The number of hydrogen-bond acceptors (Lipinski definition) is 2. The van der Waals surface area contributed by atoms with Crippen LogP contribution in [0.25, 0.3) is 0 Å². The first kappa shape index (κ1) is 12.7. The van der Waals surface area contributed by atoms with Crippen LogP contribution in [0.3, 0.4) is 0 Å². The van der Waals surface area contributed by atoms with Crippen molar-refractivity contribution in [1.82, 2.24) is 15.5 Å². The van der Waals surface area contributed by atoms with Crippen LogP contribution in [0.1, 0.15) is 45.4 Å². The summed E-state index contributed by atoms with van der Waals surface area (Å²) in [7, 11) is 0. The fourth-order valence-electron chi connectivity index (χ4n) is 2.98. The van der Waals surface area contributed by atoms with Crippen molar-refractivity contribution in [2.45, 2.75) is 57.5 Å². The zero-order valence-corrected chi connectivity index (χ0v) is 10.9. The molecule has 0 aromatic heterocycles. The summed E-state index contributed by atoms with van der Waals surface area (Å²) >= 11 is 0. The molecule has 1 saturated heterocycles. The Bertz CT molecular complexity index is 245. The molecule has 2 rings (SSSR count). The lowest BCUT2D eigenvalue weighted by Crippen LogP contribution is -2.50. The van der Waals surface area contributed by atoms with Gasteiger partial charge in [-0.25, -0.2) is 4.79 Å². The van der Waals surface area contributed by atoms with Gasteiger partial charge in [-0.3, -0.25) is 0 Å². The first-order chi connectivity index (χ1) is 8.31. The van der Waals surface area contributed by atoms with Crippen LogP contribution < -0.4 is 10.6 Å². The number of nitrogens with one attached hydrogen (secondary N) is 2. The Morgan fingerprint density at radius 3 is 2.65 bits per heavy atom. The summed E-state index contributed by atoms with van der Waals surface area (Å²) < 4.78 is 0. The first-order valence-corrected chi connectivity index (χ1v) is 7.09. The summed E-state index contributed by atoms with van der Waals surface area (Å²) in [4.78, 5) is 14.2. The second-order valence-electron chi connectivity index (χ2n) is 5.22. The maximum absolute atomic E-state index is 12.2. The molecule has 98 valence electrons. The first-order valence-electron chi connectivity index (χ1n) is 7.09. The van der Waals surface area contributed by atoms with Gasteiger partial charge < -0.3 is 15.5 Å². The number of rotatable bonds is 3. The zero-order valence-electron chi connectivity index (χ0n) is 10.9. The second-order valence-corrected chi connectivity index (χ2v) is 5.22. The third kappa shape index (κ3) is 3.35. The maximum Gasteiger partial charge on any atom is 0.317 e. The van der Waals surface area contributed by atoms with E-state index < -0.39 is 0 Å². The van der Waals surface area contributed by atoms with Crippen LogP contribution in [0.2, 0.25) is 0 Å². The van der Waals surface area contributed by atoms with Crippen molar-refractivity contribution in [3.8, 4) is 0 Å². The highest BCUT2D eigenvalue weighted by Crippen LogP contribution is 2.18. The van der Waals surface area contributed by atoms with E-state index in [1.165, 1.54) is 19.3 Å². The molecule has 1 unspecified atom stereocenters. The van der Waals surface area contributed by atoms with Crippen molar-refractivity contribution in [2.24, 2.45) is 0 Å². The molecule has 1 aliphatic heterocycles. The Labute approximate surface area is 104 Å². The number of carbonyl (C=O) groups excluding carboxylic acids is 1. The smallest absolute Gasteiger partial charge is 0.317 e. The minimum Gasteiger partial charge on any atom is -0.335 e. The van der Waals surface area contributed by atoms with Crippen LogP contribution in [0.5, 0.6) is 0 Å². The zero-order chi connectivity index (χ0) is 12.1. The van der Waals surface area contributed by atoms with E-state index in [-0.39, 0.29) is 6.03 Å². The summed E-state index contributed by atoms with van der Waals surface area (Å²) in [5.74, 6) is 0. The van der Waals surface area contributed by atoms with Gasteiger partial charge in [-0.1, -0.05) is 19.3 Å². The number of amides is 2. The maximum atomic E-state index is 12.2. The summed E-state index contributed by atoms with van der Waals surface area (Å²) in [5, 5.41) is 6.53. The third-order valence-corrected chi connectivity index (χ3v) is 4.01. The van der Waals surface area contributed by atoms with Gasteiger partial charge in [0.25, 0.3) is 0 Å². The molecule has 2 fully saturated rings. The van der Waals surface area contributed by atoms with Gasteiger partial charge in [-0.05, 0) is 32.7 Å². The molecule has 2 N–H and O–H groups in total. The lowest BCUT2D eigenvalue weighted by molar-refractivity contribution is 0.175. The minimum absolute atomic E-state index is 0.146. The molecule has 0 radical (unpaired) electrons. The summed E-state index contributed by atoms with van der Waals surface area (Å²) in [6.45, 7) is 4.87. The molecule has 1 heterocycles. The molecular weight excluding hydrogens is 214 g/mol. The molecule has 0 aromatic rings. The number of urea groups is 1. The quantitative estimate of drug-likeness (QED) is 0.787. The van der Waals surface area contributed by atoms with Crippen molar-refractivity contribution in [1.29, 1.82) is 0 Å². The SMILES string of the molecule is CCN(C(=O)NC1CCCCC1)C1CCNC1. The van der Waals surface area contributed by atoms with E-state index in [2.05, 4.69) is 17.6 Å². The molecule has 0 spiro atoms. The van der Waals surface area contributed by atoms with Gasteiger partial charge in [0.1, 0.15) is 0 Å². The fraction of sp³-hybridized carbons (Fsp3) is 0.923. The predicted octanol–water partition coefficient (Wildman–Crippen LogP) is 1.71. The van der Waals surface area contributed by atoms with Gasteiger partial charge in [0.15, 0.2) is 0 Å². The Hall–Kier alpha value is -0.770. The average molecular weight is 239 g/mol. The standard InChI is InChI=1S/C13H25N3O/c1-2-16(12-8-9-14-10-12)13(17)15-11-6-4-3-5-7-11/h11-12,14H,2-10H2,1H3,(H,15,17). The Morgan fingerprint density at radius 1 is 1.29 bits per heavy atom. The fourth-order valence-corrected chi connectivity index (χ4v) is 2.98. The molecule has 4 nitrogen and oxygen atoms in total. The number of hydrogen-bond donors (Lipinski definition) is 2. The van der Waals surface area contributed by atoms with Crippen molar-refractivity contribution in [2.75, 3.05) is 19.6 Å². The molecule has 2 aliphatic rings. The van der Waals surface area contributed by atoms with Gasteiger partial charge in [0.05, 0.1) is 0 Å². The molecular formula is C13H25N3O. The van der Waals surface area contributed by atoms with Gasteiger partial charge in [0.2, 0.25) is 0 Å². The van der Waals surface area contributed by atoms with Crippen LogP contribution in [0.4, 0.5) is 4.79 Å². The van der Waals surface area contributed by atoms with Crippen molar-refractivity contribution in [3.05, 3.63) is 0 Å². The highest BCUT2D eigenvalue weighted by atomic mass is 16.2. The highest BCUT2D eigenvalue weighted by Gasteiger charge is 2.26. The van der Waals surface area contributed by atoms with Crippen LogP contribution in [-0.4, -0.2) is 42.6 Å². The Kier molecular flexibility index (Phi) is 4.66. The van der Waals surface area contributed by atoms with Crippen LogP contribution in [-0.2, 0) is 0 Å². The van der Waals surface area contributed by atoms with E-state index in [4.69, 9.17) is 0 Å². The van der Waals surface area contributed by atoms with Crippen molar-refractivity contribution >= 4 is 6.03 Å². The van der Waals surface area contributed by atoms with E-state index >= 15 is 0 Å². The largest absolute Gasteiger partial charge is 0.335 e. The normalized spacial score (nSPS) is 25.8. The summed E-state index contributed by atoms with van der Waals surface area (Å²) in [6, 6.07) is 0.955. The third-order valence-electron chi connectivity index (χ3n) is 4.01. The van der Waals surface area contributed by atoms with E-state index in [0.717, 1.165) is 38.9 Å². The molecule has 0 bridgehead atoms. The number of nitrogens with zero attached hydrogens (tertiary/aromatic N) is 1. The number of carbonyl (C=O) groups is 1. The Morgan fingerprint density at radius 2 is 2.06 bits per heavy atom. The molecule has 1 aliphatic carbocycles. The lowest BCUT2D eigenvalue weighted by Gasteiger charge is -2.31. The van der Waals surface area contributed by atoms with Crippen molar-refractivity contribution < 1.29 is 4.79 Å². The minimum atomic E-state index is 0.146. The van der Waals surface area contributed by atoms with Gasteiger partial charge in [-0.15, -0.1) is 0 Å². The molecule has 0 aromatic carbocycles. The topological polar surface area (TPSA) is 44.4 Å². The van der Waals surface area contributed by atoms with E-state index in [1.54, 1.807) is 0 Å². The highest BCUT2D eigenvalue weighted by molar-refractivity contribution is 5.75. The summed E-state index contributed by atoms with van der Waals surface area (Å²) in [5.41, 5.74) is 0. The van der Waals surface area contributed by atoms with Crippen molar-refractivity contribution in [3.63, 3.8) is 0 Å². The second kappa shape index (κ2) is 6.24. The monoisotopic (exact) mass is 239 g/mol. The average Bonchev–Trinajstić information content (AvgIpc) is 2.85. The van der Waals surface area contributed by atoms with E-state index in [1.807, 2.05) is 4.90 Å². The summed E-state index contributed by atoms with van der Waals surface area (Å²) in [6.07, 6.45) is 7.27. The molecule has 1 saturated carbocycles. The predicted molar refractivity (Wildman–Crippen MR) is 69.1 cm³/mol. The Balaban J connectivity index is 1.83. The lowest BCUT2D eigenvalue weighted by atomic mass is 9.96. The van der Waals surface area contributed by atoms with Gasteiger partial charge in [0, 0.05) is 25.2 Å².